The Hall–Kier alpha value is -1.92. The second-order valence-electron chi connectivity index (χ2n) is 23.2. The zero-order chi connectivity index (χ0) is 54.3. The Morgan fingerprint density at radius 1 is 0.373 bits per heavy atom. The molecule has 0 aliphatic carbocycles. The van der Waals surface area contributed by atoms with Crippen molar-refractivity contribution < 1.29 is 24.5 Å². The molecule has 6 nitrogen and oxygen atoms in total. The highest BCUT2D eigenvalue weighted by Crippen LogP contribution is 2.18. The molecule has 0 radical (unpaired) electrons. The summed E-state index contributed by atoms with van der Waals surface area (Å²) in [6.45, 7) is 4.92. The van der Waals surface area contributed by atoms with E-state index in [0.717, 1.165) is 44.9 Å². The summed E-state index contributed by atoms with van der Waals surface area (Å²) >= 11 is 0. The van der Waals surface area contributed by atoms with Gasteiger partial charge in [0.05, 0.1) is 25.4 Å². The SMILES string of the molecule is CCCCCCCCCCCC/C=C/C(O)C(CO)NC(=O)CCCCCCCCCCCCC/C=C\C/C=C\CCCCCCCCCCCOC(=O)CCCCCCCCCCCCCCCCCCCCC. The normalized spacial score (nSPS) is 12.7. The molecule has 3 N–H and O–H groups in total. The van der Waals surface area contributed by atoms with E-state index in [1.54, 1.807) is 6.08 Å². The standard InChI is InChI=1S/C69H131NO5/c1-3-5-7-9-11-13-15-17-18-19-29-33-36-39-43-47-51-55-59-63-69(74)75-64-60-56-52-48-44-40-37-34-31-28-26-24-22-20-21-23-25-27-30-32-35-38-42-46-50-54-58-62-68(73)70-66(65-71)67(72)61-57-53-49-45-41-16-14-12-10-8-6-4-2/h20-21,24,26,57,61,66-67,71-72H,3-19,22-23,25,27-56,58-60,62-65H2,1-2H3,(H,70,73)/b21-20-,26-24-,61-57+. The van der Waals surface area contributed by atoms with E-state index < -0.39 is 12.1 Å². The fourth-order valence-electron chi connectivity index (χ4n) is 10.5. The monoisotopic (exact) mass is 1050 g/mol. The molecular weight excluding hydrogens is 923 g/mol. The molecule has 0 saturated heterocycles. The lowest BCUT2D eigenvalue weighted by molar-refractivity contribution is -0.143. The van der Waals surface area contributed by atoms with Crippen LogP contribution in [0.3, 0.4) is 0 Å². The molecule has 75 heavy (non-hydrogen) atoms. The van der Waals surface area contributed by atoms with Gasteiger partial charge in [0, 0.05) is 12.8 Å². The Balaban J connectivity index is 3.39. The van der Waals surface area contributed by atoms with Gasteiger partial charge in [-0.3, -0.25) is 9.59 Å². The highest BCUT2D eigenvalue weighted by atomic mass is 16.5. The van der Waals surface area contributed by atoms with Gasteiger partial charge in [-0.1, -0.05) is 326 Å². The molecule has 0 heterocycles. The van der Waals surface area contributed by atoms with Crippen molar-refractivity contribution in [1.29, 1.82) is 0 Å². The van der Waals surface area contributed by atoms with Crippen LogP contribution >= 0.6 is 0 Å². The molecule has 2 unspecified atom stereocenters. The maximum Gasteiger partial charge on any atom is 0.305 e. The maximum atomic E-state index is 12.4. The molecule has 0 saturated carbocycles. The van der Waals surface area contributed by atoms with Crippen LogP contribution in [0.4, 0.5) is 0 Å². The summed E-state index contributed by atoms with van der Waals surface area (Å²) in [7, 11) is 0. The summed E-state index contributed by atoms with van der Waals surface area (Å²) in [5.74, 6) is -0.0557. The number of ether oxygens (including phenoxy) is 1. The summed E-state index contributed by atoms with van der Waals surface area (Å²) in [5, 5.41) is 23.1. The molecule has 0 aromatic rings. The van der Waals surface area contributed by atoms with E-state index in [1.165, 1.54) is 295 Å². The van der Waals surface area contributed by atoms with Crippen molar-refractivity contribution in [2.75, 3.05) is 13.2 Å². The molecule has 6 heteroatoms. The zero-order valence-corrected chi connectivity index (χ0v) is 50.5. The van der Waals surface area contributed by atoms with Crippen LogP contribution in [0.25, 0.3) is 0 Å². The lowest BCUT2D eigenvalue weighted by atomic mass is 10.0. The largest absolute Gasteiger partial charge is 0.466 e. The van der Waals surface area contributed by atoms with Crippen molar-refractivity contribution in [1.82, 2.24) is 5.32 Å². The Morgan fingerprint density at radius 3 is 1.01 bits per heavy atom. The van der Waals surface area contributed by atoms with Crippen molar-refractivity contribution in [2.24, 2.45) is 0 Å². The van der Waals surface area contributed by atoms with E-state index in [-0.39, 0.29) is 18.5 Å². The molecule has 0 fully saturated rings. The van der Waals surface area contributed by atoms with Gasteiger partial charge >= 0.3 is 5.97 Å². The van der Waals surface area contributed by atoms with Crippen molar-refractivity contribution in [3.8, 4) is 0 Å². The zero-order valence-electron chi connectivity index (χ0n) is 50.5. The first kappa shape index (κ1) is 73.1. The first-order chi connectivity index (χ1) is 37.0. The summed E-state index contributed by atoms with van der Waals surface area (Å²) < 4.78 is 5.51. The van der Waals surface area contributed by atoms with Gasteiger partial charge in [0.1, 0.15) is 0 Å². The predicted molar refractivity (Wildman–Crippen MR) is 329 cm³/mol. The minimum atomic E-state index is -0.846. The van der Waals surface area contributed by atoms with E-state index in [2.05, 4.69) is 43.5 Å². The molecule has 0 aliphatic heterocycles. The summed E-state index contributed by atoms with van der Waals surface area (Å²) in [6, 6.07) is -0.629. The predicted octanol–water partition coefficient (Wildman–Crippen LogP) is 21.5. The van der Waals surface area contributed by atoms with Crippen LogP contribution in [0, 0.1) is 0 Å². The second kappa shape index (κ2) is 64.6. The van der Waals surface area contributed by atoms with Crippen LogP contribution in [-0.4, -0.2) is 47.4 Å². The lowest BCUT2D eigenvalue weighted by Crippen LogP contribution is -2.45. The first-order valence-corrected chi connectivity index (χ1v) is 33.8. The van der Waals surface area contributed by atoms with Crippen LogP contribution in [0.1, 0.15) is 367 Å². The van der Waals surface area contributed by atoms with E-state index in [4.69, 9.17) is 4.74 Å². The summed E-state index contributed by atoms with van der Waals surface area (Å²) in [6.07, 6.45) is 82.1. The van der Waals surface area contributed by atoms with E-state index in [1.807, 2.05) is 6.08 Å². The van der Waals surface area contributed by atoms with Gasteiger partial charge in [-0.15, -0.1) is 0 Å². The summed E-state index contributed by atoms with van der Waals surface area (Å²) in [4.78, 5) is 24.6. The van der Waals surface area contributed by atoms with Crippen molar-refractivity contribution in [3.05, 3.63) is 36.5 Å². The number of aliphatic hydroxyl groups is 2. The van der Waals surface area contributed by atoms with E-state index in [0.29, 0.717) is 19.4 Å². The van der Waals surface area contributed by atoms with Gasteiger partial charge in [-0.05, 0) is 64.2 Å². The Kier molecular flexibility index (Phi) is 63.0. The molecule has 0 aromatic carbocycles. The molecule has 0 aromatic heterocycles. The molecule has 1 amide bonds. The molecule has 2 atom stereocenters. The highest BCUT2D eigenvalue weighted by Gasteiger charge is 2.18. The van der Waals surface area contributed by atoms with Crippen LogP contribution in [0.2, 0.25) is 0 Å². The van der Waals surface area contributed by atoms with E-state index in [9.17, 15) is 19.8 Å². The minimum absolute atomic E-state index is 0.0152. The molecule has 0 spiro atoms. The topological polar surface area (TPSA) is 95.9 Å². The van der Waals surface area contributed by atoms with Gasteiger partial charge in [0.15, 0.2) is 0 Å². The van der Waals surface area contributed by atoms with Gasteiger partial charge in [-0.2, -0.15) is 0 Å². The number of hydrogen-bond acceptors (Lipinski definition) is 5. The number of unbranched alkanes of at least 4 members (excludes halogenated alkanes) is 48. The average molecular weight is 1050 g/mol. The first-order valence-electron chi connectivity index (χ1n) is 33.8. The molecular formula is C69H131NO5. The Morgan fingerprint density at radius 2 is 0.667 bits per heavy atom. The highest BCUT2D eigenvalue weighted by molar-refractivity contribution is 5.76. The van der Waals surface area contributed by atoms with Crippen LogP contribution in [-0.2, 0) is 14.3 Å². The van der Waals surface area contributed by atoms with Crippen molar-refractivity contribution in [2.45, 2.75) is 379 Å². The summed E-state index contributed by atoms with van der Waals surface area (Å²) in [5.41, 5.74) is 0. The molecule has 442 valence electrons. The Bertz CT molecular complexity index is 1210. The van der Waals surface area contributed by atoms with E-state index >= 15 is 0 Å². The van der Waals surface area contributed by atoms with Crippen LogP contribution < -0.4 is 5.32 Å². The number of allylic oxidation sites excluding steroid dienone is 5. The number of amides is 1. The second-order valence-corrected chi connectivity index (χ2v) is 23.2. The maximum absolute atomic E-state index is 12.4. The van der Waals surface area contributed by atoms with Gasteiger partial charge < -0.3 is 20.3 Å². The fraction of sp³-hybridized carbons (Fsp3) is 0.884. The number of carbonyl (C=O) groups excluding carboxylic acids is 2. The van der Waals surface area contributed by atoms with Gasteiger partial charge in [0.25, 0.3) is 0 Å². The number of esters is 1. The van der Waals surface area contributed by atoms with Gasteiger partial charge in [0.2, 0.25) is 5.91 Å². The van der Waals surface area contributed by atoms with Crippen LogP contribution in [0.15, 0.2) is 36.5 Å². The third-order valence-electron chi connectivity index (χ3n) is 15.7. The fourth-order valence-corrected chi connectivity index (χ4v) is 10.5. The number of nitrogens with one attached hydrogen (secondary N) is 1. The quantitative estimate of drug-likeness (QED) is 0.0320. The van der Waals surface area contributed by atoms with Crippen LogP contribution in [0.5, 0.6) is 0 Å². The number of hydrogen-bond donors (Lipinski definition) is 3. The number of aliphatic hydroxyl groups excluding tert-OH is 2. The third-order valence-corrected chi connectivity index (χ3v) is 15.7. The average Bonchev–Trinajstić information content (AvgIpc) is 3.41. The van der Waals surface area contributed by atoms with Crippen molar-refractivity contribution in [3.63, 3.8) is 0 Å². The van der Waals surface area contributed by atoms with Crippen molar-refractivity contribution >= 4 is 11.9 Å². The molecule has 0 bridgehead atoms. The number of rotatable bonds is 63. The smallest absolute Gasteiger partial charge is 0.305 e. The minimum Gasteiger partial charge on any atom is -0.466 e. The molecule has 0 aliphatic rings. The third kappa shape index (κ3) is 61.2. The number of carbonyl (C=O) groups is 2. The Labute approximate surface area is 468 Å². The molecule has 0 rings (SSSR count). The lowest BCUT2D eigenvalue weighted by Gasteiger charge is -2.20. The van der Waals surface area contributed by atoms with Gasteiger partial charge in [-0.25, -0.2) is 0 Å².